The van der Waals surface area contributed by atoms with Crippen molar-refractivity contribution in [3.63, 3.8) is 0 Å². The Bertz CT molecular complexity index is 908. The van der Waals surface area contributed by atoms with Gasteiger partial charge in [0.05, 0.1) is 11.4 Å². The van der Waals surface area contributed by atoms with Gasteiger partial charge in [0.1, 0.15) is 0 Å². The molecular formula is C17H10Cl3N3O3. The predicted molar refractivity (Wildman–Crippen MR) is 101 cm³/mol. The molecule has 3 rings (SSSR count). The first-order valence-electron chi connectivity index (χ1n) is 7.30. The number of benzene rings is 2. The van der Waals surface area contributed by atoms with Gasteiger partial charge in [-0.3, -0.25) is 19.9 Å². The van der Waals surface area contributed by atoms with Crippen molar-refractivity contribution in [3.05, 3.63) is 57.5 Å². The quantitative estimate of drug-likeness (QED) is 0.607. The van der Waals surface area contributed by atoms with Crippen molar-refractivity contribution >= 4 is 70.2 Å². The van der Waals surface area contributed by atoms with Crippen molar-refractivity contribution in [1.29, 1.82) is 0 Å². The van der Waals surface area contributed by atoms with Gasteiger partial charge in [-0.15, -0.1) is 0 Å². The molecule has 1 aliphatic heterocycles. The van der Waals surface area contributed by atoms with E-state index in [1.807, 2.05) is 0 Å². The number of carbonyl (C=O) groups excluding carboxylic acids is 3. The molecule has 26 heavy (non-hydrogen) atoms. The molecular weight excluding hydrogens is 401 g/mol. The highest BCUT2D eigenvalue weighted by molar-refractivity contribution is 6.35. The molecule has 0 aromatic heterocycles. The van der Waals surface area contributed by atoms with Crippen LogP contribution in [0.1, 0.15) is 0 Å². The van der Waals surface area contributed by atoms with Crippen LogP contribution in [0.2, 0.25) is 15.1 Å². The van der Waals surface area contributed by atoms with Gasteiger partial charge in [0.25, 0.3) is 5.91 Å². The van der Waals surface area contributed by atoms with Crippen LogP contribution in [-0.4, -0.2) is 24.1 Å². The number of rotatable bonds is 3. The van der Waals surface area contributed by atoms with E-state index in [9.17, 15) is 14.4 Å². The van der Waals surface area contributed by atoms with Crippen LogP contribution < -0.4 is 10.2 Å². The van der Waals surface area contributed by atoms with Gasteiger partial charge in [-0.2, -0.15) is 0 Å². The van der Waals surface area contributed by atoms with Crippen molar-refractivity contribution in [2.45, 2.75) is 0 Å². The van der Waals surface area contributed by atoms with E-state index in [1.165, 1.54) is 42.5 Å². The lowest BCUT2D eigenvalue weighted by Crippen LogP contribution is -2.58. The van der Waals surface area contributed by atoms with E-state index >= 15 is 0 Å². The van der Waals surface area contributed by atoms with Gasteiger partial charge in [0.15, 0.2) is 5.92 Å². The normalized spacial score (nSPS) is 17.7. The summed E-state index contributed by atoms with van der Waals surface area (Å²) in [7, 11) is 0. The maximum absolute atomic E-state index is 12.7. The van der Waals surface area contributed by atoms with E-state index in [1.54, 1.807) is 0 Å². The van der Waals surface area contributed by atoms with Gasteiger partial charge in [0.2, 0.25) is 5.91 Å². The standard InChI is InChI=1S/C17H10Cl3N3O3/c18-9-1-3-13(4-2-9)23-16(25)14(15(24)22-17(23)26)8-21-12-6-10(19)5-11(20)7-12/h1-8,14H,(H,22,24,26)/t14-/m1/s1. The highest BCUT2D eigenvalue weighted by atomic mass is 35.5. The number of barbiturate groups is 1. The Kier molecular flexibility index (Phi) is 5.27. The SMILES string of the molecule is O=C1NC(=O)N(c2ccc(Cl)cc2)C(=O)[C@@H]1C=Nc1cc(Cl)cc(Cl)c1. The van der Waals surface area contributed by atoms with Crippen molar-refractivity contribution < 1.29 is 14.4 Å². The third kappa shape index (κ3) is 3.88. The van der Waals surface area contributed by atoms with E-state index in [4.69, 9.17) is 34.8 Å². The molecule has 1 atom stereocenters. The summed E-state index contributed by atoms with van der Waals surface area (Å²) in [6.45, 7) is 0. The van der Waals surface area contributed by atoms with Crippen molar-refractivity contribution in [3.8, 4) is 0 Å². The largest absolute Gasteiger partial charge is 0.335 e. The molecule has 9 heteroatoms. The van der Waals surface area contributed by atoms with E-state index in [0.29, 0.717) is 20.8 Å². The zero-order valence-corrected chi connectivity index (χ0v) is 15.2. The maximum atomic E-state index is 12.7. The van der Waals surface area contributed by atoms with Crippen LogP contribution in [-0.2, 0) is 9.59 Å². The summed E-state index contributed by atoms with van der Waals surface area (Å²) in [6.07, 6.45) is 1.15. The number of aliphatic imine (C=N–C) groups is 1. The maximum Gasteiger partial charge on any atom is 0.335 e. The molecule has 1 N–H and O–H groups in total. The first kappa shape index (κ1) is 18.4. The molecule has 2 aromatic rings. The summed E-state index contributed by atoms with van der Waals surface area (Å²) in [6, 6.07) is 9.81. The average Bonchev–Trinajstić information content (AvgIpc) is 2.55. The van der Waals surface area contributed by atoms with E-state index in [-0.39, 0.29) is 5.69 Å². The Balaban J connectivity index is 1.90. The minimum atomic E-state index is -1.28. The molecule has 132 valence electrons. The minimum absolute atomic E-state index is 0.286. The highest BCUT2D eigenvalue weighted by Crippen LogP contribution is 2.26. The number of nitrogens with one attached hydrogen (secondary N) is 1. The van der Waals surface area contributed by atoms with Crippen molar-refractivity contribution in [2.75, 3.05) is 4.90 Å². The summed E-state index contributed by atoms with van der Waals surface area (Å²) < 4.78 is 0. The highest BCUT2D eigenvalue weighted by Gasteiger charge is 2.40. The van der Waals surface area contributed by atoms with Crippen molar-refractivity contribution in [1.82, 2.24) is 5.32 Å². The summed E-state index contributed by atoms with van der Waals surface area (Å²) in [4.78, 5) is 41.7. The Morgan fingerprint density at radius 3 is 2.15 bits per heavy atom. The van der Waals surface area contributed by atoms with Crippen LogP contribution in [0.15, 0.2) is 47.5 Å². The second-order valence-electron chi connectivity index (χ2n) is 5.33. The molecule has 4 amide bonds. The monoisotopic (exact) mass is 409 g/mol. The third-order valence-electron chi connectivity index (χ3n) is 3.51. The second kappa shape index (κ2) is 7.45. The van der Waals surface area contributed by atoms with Gasteiger partial charge in [-0.05, 0) is 42.5 Å². The molecule has 0 aliphatic carbocycles. The minimum Gasteiger partial charge on any atom is -0.276 e. The number of urea groups is 1. The number of carbonyl (C=O) groups is 3. The lowest BCUT2D eigenvalue weighted by Gasteiger charge is -2.28. The zero-order chi connectivity index (χ0) is 18.8. The van der Waals surface area contributed by atoms with Crippen LogP contribution in [0.25, 0.3) is 0 Å². The van der Waals surface area contributed by atoms with Gasteiger partial charge >= 0.3 is 6.03 Å². The first-order chi connectivity index (χ1) is 12.3. The average molecular weight is 411 g/mol. The summed E-state index contributed by atoms with van der Waals surface area (Å²) >= 11 is 17.6. The molecule has 6 nitrogen and oxygen atoms in total. The number of amides is 4. The van der Waals surface area contributed by atoms with Gasteiger partial charge in [0, 0.05) is 21.3 Å². The first-order valence-corrected chi connectivity index (χ1v) is 8.43. The number of nitrogens with zero attached hydrogens (tertiary/aromatic N) is 2. The second-order valence-corrected chi connectivity index (χ2v) is 6.64. The molecule has 0 spiro atoms. The van der Waals surface area contributed by atoms with E-state index in [0.717, 1.165) is 11.1 Å². The topological polar surface area (TPSA) is 78.8 Å². The third-order valence-corrected chi connectivity index (χ3v) is 4.20. The smallest absolute Gasteiger partial charge is 0.276 e. The molecule has 0 bridgehead atoms. The number of imide groups is 2. The fourth-order valence-electron chi connectivity index (χ4n) is 2.33. The zero-order valence-electron chi connectivity index (χ0n) is 12.9. The number of halogens is 3. The van der Waals surface area contributed by atoms with Crippen LogP contribution in [0.4, 0.5) is 16.2 Å². The number of hydrogen-bond acceptors (Lipinski definition) is 4. The molecule has 1 saturated heterocycles. The van der Waals surface area contributed by atoms with E-state index in [2.05, 4.69) is 10.3 Å². The molecule has 1 fully saturated rings. The van der Waals surface area contributed by atoms with Gasteiger partial charge in [-0.1, -0.05) is 34.8 Å². The Morgan fingerprint density at radius 2 is 1.54 bits per heavy atom. The van der Waals surface area contributed by atoms with Crippen LogP contribution in [0.3, 0.4) is 0 Å². The van der Waals surface area contributed by atoms with Gasteiger partial charge in [-0.25, -0.2) is 9.69 Å². The van der Waals surface area contributed by atoms with Crippen LogP contribution in [0.5, 0.6) is 0 Å². The lowest BCUT2D eigenvalue weighted by atomic mass is 10.1. The van der Waals surface area contributed by atoms with Crippen molar-refractivity contribution in [2.24, 2.45) is 10.9 Å². The van der Waals surface area contributed by atoms with Gasteiger partial charge < -0.3 is 0 Å². The fourth-order valence-corrected chi connectivity index (χ4v) is 2.97. The Labute approximate surface area is 163 Å². The Morgan fingerprint density at radius 1 is 0.923 bits per heavy atom. The molecule has 0 radical (unpaired) electrons. The summed E-state index contributed by atoms with van der Waals surface area (Å²) in [5.41, 5.74) is 0.659. The Hall–Kier alpha value is -2.41. The number of anilines is 1. The number of hydrogen-bond donors (Lipinski definition) is 1. The summed E-state index contributed by atoms with van der Waals surface area (Å²) in [5, 5.41) is 3.31. The van der Waals surface area contributed by atoms with Crippen LogP contribution in [0, 0.1) is 5.92 Å². The molecule has 1 heterocycles. The molecule has 1 aliphatic rings. The summed E-state index contributed by atoms with van der Waals surface area (Å²) in [5.74, 6) is -2.76. The van der Waals surface area contributed by atoms with E-state index < -0.39 is 23.8 Å². The molecule has 0 saturated carbocycles. The predicted octanol–water partition coefficient (Wildman–Crippen LogP) is 4.25. The molecule has 2 aromatic carbocycles. The molecule has 0 unspecified atom stereocenters. The fraction of sp³-hybridized carbons (Fsp3) is 0.0588. The van der Waals surface area contributed by atoms with Crippen LogP contribution >= 0.6 is 34.8 Å². The lowest BCUT2D eigenvalue weighted by molar-refractivity contribution is -0.131.